The molecule has 0 bridgehead atoms. The van der Waals surface area contributed by atoms with E-state index in [4.69, 9.17) is 9.68 Å². The topological polar surface area (TPSA) is 111 Å². The monoisotopic (exact) mass is 428 g/mol. The van der Waals surface area contributed by atoms with Crippen molar-refractivity contribution in [3.63, 3.8) is 0 Å². The van der Waals surface area contributed by atoms with Crippen LogP contribution in [0.1, 0.15) is 34.6 Å². The Labute approximate surface area is 182 Å². The minimum absolute atomic E-state index is 0.146. The number of benzene rings is 1. The molecule has 32 heavy (non-hydrogen) atoms. The Morgan fingerprint density at radius 1 is 0.625 bits per heavy atom. The Balaban J connectivity index is 1.72. The minimum Gasteiger partial charge on any atom is -0.348 e. The summed E-state index contributed by atoms with van der Waals surface area (Å²) < 4.78 is 0. The first-order chi connectivity index (χ1) is 15.3. The van der Waals surface area contributed by atoms with Gasteiger partial charge in [0, 0.05) is 11.1 Å². The number of allylic oxidation sites excluding steroid dienone is 10. The van der Waals surface area contributed by atoms with Gasteiger partial charge in [0.1, 0.15) is 11.4 Å². The molecule has 0 atom stereocenters. The number of fused-ring (bicyclic) bond motifs is 1. The van der Waals surface area contributed by atoms with Crippen molar-refractivity contribution >= 4 is 34.6 Å². The number of rotatable bonds is 4. The smallest absolute Gasteiger partial charge is 0.255 e. The SMILES string of the molecule is CC1=C/C(=N\OC2=C(O/N=C3\C=CC(=O)C(C)=C3)C(=O)c3ccccc3C2=O)C=CC1=O. The first-order valence-electron chi connectivity index (χ1n) is 9.59. The molecule has 1 aromatic carbocycles. The van der Waals surface area contributed by atoms with Crippen LogP contribution in [0.2, 0.25) is 0 Å². The summed E-state index contributed by atoms with van der Waals surface area (Å²) in [6.07, 6.45) is 8.48. The van der Waals surface area contributed by atoms with Crippen LogP contribution >= 0.6 is 0 Å². The Morgan fingerprint density at radius 2 is 1.03 bits per heavy atom. The van der Waals surface area contributed by atoms with Crippen LogP contribution in [-0.4, -0.2) is 34.6 Å². The summed E-state index contributed by atoms with van der Waals surface area (Å²) in [5, 5.41) is 7.78. The largest absolute Gasteiger partial charge is 0.348 e. The summed E-state index contributed by atoms with van der Waals surface area (Å²) in [7, 11) is 0. The van der Waals surface area contributed by atoms with Gasteiger partial charge in [-0.2, -0.15) is 0 Å². The first kappa shape index (κ1) is 20.8. The van der Waals surface area contributed by atoms with Crippen molar-refractivity contribution in [3.05, 3.63) is 94.5 Å². The molecular weight excluding hydrogens is 412 g/mol. The highest BCUT2D eigenvalue weighted by Crippen LogP contribution is 2.28. The summed E-state index contributed by atoms with van der Waals surface area (Å²) in [6, 6.07) is 6.25. The summed E-state index contributed by atoms with van der Waals surface area (Å²) in [5.41, 5.74) is 1.76. The highest BCUT2D eigenvalue weighted by atomic mass is 16.7. The van der Waals surface area contributed by atoms with Gasteiger partial charge in [0.15, 0.2) is 11.6 Å². The van der Waals surface area contributed by atoms with Gasteiger partial charge in [-0.1, -0.05) is 34.6 Å². The number of hydrogen-bond donors (Lipinski definition) is 0. The van der Waals surface area contributed by atoms with Crippen molar-refractivity contribution in [1.29, 1.82) is 0 Å². The highest BCUT2D eigenvalue weighted by molar-refractivity contribution is 6.25. The van der Waals surface area contributed by atoms with E-state index in [9.17, 15) is 19.2 Å². The average Bonchev–Trinajstić information content (AvgIpc) is 2.79. The molecule has 0 aromatic heterocycles. The lowest BCUT2D eigenvalue weighted by molar-refractivity contribution is -0.112. The molecule has 0 radical (unpaired) electrons. The molecule has 0 unspecified atom stereocenters. The predicted octanol–water partition coefficient (Wildman–Crippen LogP) is 3.19. The molecule has 158 valence electrons. The highest BCUT2D eigenvalue weighted by Gasteiger charge is 2.36. The fourth-order valence-electron chi connectivity index (χ4n) is 3.07. The molecule has 0 heterocycles. The number of Topliss-reactive ketones (excluding diaryl/α,β-unsaturated/α-hetero) is 2. The zero-order valence-electron chi connectivity index (χ0n) is 17.1. The predicted molar refractivity (Wildman–Crippen MR) is 115 cm³/mol. The number of hydrogen-bond acceptors (Lipinski definition) is 8. The van der Waals surface area contributed by atoms with Crippen LogP contribution in [-0.2, 0) is 19.3 Å². The van der Waals surface area contributed by atoms with Crippen LogP contribution in [0, 0.1) is 0 Å². The first-order valence-corrected chi connectivity index (χ1v) is 9.59. The zero-order valence-corrected chi connectivity index (χ0v) is 17.1. The third kappa shape index (κ3) is 3.93. The van der Waals surface area contributed by atoms with Crippen molar-refractivity contribution in [2.75, 3.05) is 0 Å². The lowest BCUT2D eigenvalue weighted by atomic mass is 9.92. The summed E-state index contributed by atoms with van der Waals surface area (Å²) in [4.78, 5) is 59.9. The number of oxime groups is 2. The minimum atomic E-state index is -0.600. The van der Waals surface area contributed by atoms with E-state index < -0.39 is 23.1 Å². The van der Waals surface area contributed by atoms with E-state index in [2.05, 4.69) is 10.3 Å². The molecule has 1 aromatic rings. The van der Waals surface area contributed by atoms with E-state index in [-0.39, 0.29) is 34.1 Å². The van der Waals surface area contributed by atoms with Gasteiger partial charge in [-0.15, -0.1) is 0 Å². The maximum absolute atomic E-state index is 13.0. The van der Waals surface area contributed by atoms with Crippen LogP contribution < -0.4 is 0 Å². The summed E-state index contributed by atoms with van der Waals surface area (Å²) in [5.74, 6) is -2.39. The maximum atomic E-state index is 13.0. The molecule has 0 amide bonds. The van der Waals surface area contributed by atoms with Gasteiger partial charge in [-0.05, 0) is 61.4 Å². The van der Waals surface area contributed by atoms with Crippen LogP contribution in [0.5, 0.6) is 0 Å². The van der Waals surface area contributed by atoms with Gasteiger partial charge in [0.05, 0.1) is 0 Å². The van der Waals surface area contributed by atoms with Gasteiger partial charge < -0.3 is 9.68 Å². The Morgan fingerprint density at radius 3 is 1.41 bits per heavy atom. The van der Waals surface area contributed by atoms with Gasteiger partial charge in [0.25, 0.3) is 11.5 Å². The normalized spacial score (nSPS) is 20.6. The quantitative estimate of drug-likeness (QED) is 0.538. The van der Waals surface area contributed by atoms with Crippen LogP contribution in [0.3, 0.4) is 0 Å². The lowest BCUT2D eigenvalue weighted by Gasteiger charge is -2.17. The van der Waals surface area contributed by atoms with Crippen LogP contribution in [0.4, 0.5) is 0 Å². The standard InChI is InChI=1S/C24H16N2O6/c1-13-11-15(7-9-19(13)27)25-31-23-21(29)17-5-3-4-6-18(17)22(30)24(23)32-26-16-8-10-20(28)14(2)12-16/h3-12H,1-2H3/b25-15-,26-16+. The fraction of sp³-hybridized carbons (Fsp3) is 0.0833. The van der Waals surface area contributed by atoms with Crippen molar-refractivity contribution in [2.24, 2.45) is 10.3 Å². The van der Waals surface area contributed by atoms with Crippen molar-refractivity contribution in [2.45, 2.75) is 13.8 Å². The second kappa shape index (κ2) is 8.35. The third-order valence-corrected chi connectivity index (χ3v) is 4.84. The van der Waals surface area contributed by atoms with E-state index in [1.54, 1.807) is 26.0 Å². The van der Waals surface area contributed by atoms with Crippen LogP contribution in [0.25, 0.3) is 0 Å². The molecular formula is C24H16N2O6. The second-order valence-electron chi connectivity index (χ2n) is 7.13. The molecule has 0 N–H and O–H groups in total. The van der Waals surface area contributed by atoms with E-state index in [0.717, 1.165) is 0 Å². The van der Waals surface area contributed by atoms with Gasteiger partial charge in [0.2, 0.25) is 11.6 Å². The third-order valence-electron chi connectivity index (χ3n) is 4.84. The number of carbonyl (C=O) groups excluding carboxylic acids is 4. The Hall–Kier alpha value is -4.46. The fourth-order valence-corrected chi connectivity index (χ4v) is 3.07. The molecule has 8 nitrogen and oxygen atoms in total. The Kier molecular flexibility index (Phi) is 5.43. The van der Waals surface area contributed by atoms with Crippen molar-refractivity contribution in [1.82, 2.24) is 0 Å². The number of nitrogens with zero attached hydrogens (tertiary/aromatic N) is 2. The lowest BCUT2D eigenvalue weighted by Crippen LogP contribution is -2.24. The molecule has 0 saturated carbocycles. The van der Waals surface area contributed by atoms with Crippen molar-refractivity contribution in [3.8, 4) is 0 Å². The molecule has 8 heteroatoms. The summed E-state index contributed by atoms with van der Waals surface area (Å²) >= 11 is 0. The molecule has 3 aliphatic carbocycles. The van der Waals surface area contributed by atoms with E-state index in [0.29, 0.717) is 11.1 Å². The van der Waals surface area contributed by atoms with Gasteiger partial charge in [-0.3, -0.25) is 19.2 Å². The number of carbonyl (C=O) groups is 4. The Bertz CT molecular complexity index is 1200. The van der Waals surface area contributed by atoms with E-state index in [1.165, 1.54) is 48.6 Å². The molecule has 0 aliphatic heterocycles. The van der Waals surface area contributed by atoms with Crippen molar-refractivity contribution < 1.29 is 28.9 Å². The van der Waals surface area contributed by atoms with Crippen LogP contribution in [0.15, 0.2) is 93.7 Å². The molecule has 0 saturated heterocycles. The van der Waals surface area contributed by atoms with E-state index >= 15 is 0 Å². The molecule has 3 aliphatic rings. The summed E-state index contributed by atoms with van der Waals surface area (Å²) in [6.45, 7) is 3.24. The second-order valence-corrected chi connectivity index (χ2v) is 7.13. The molecule has 4 rings (SSSR count). The zero-order chi connectivity index (χ0) is 22.8. The maximum Gasteiger partial charge on any atom is 0.255 e. The number of ketones is 4. The van der Waals surface area contributed by atoms with E-state index in [1.807, 2.05) is 0 Å². The molecule has 0 fully saturated rings. The average molecular weight is 428 g/mol. The molecule has 0 spiro atoms. The van der Waals surface area contributed by atoms with Gasteiger partial charge >= 0.3 is 0 Å². The van der Waals surface area contributed by atoms with Gasteiger partial charge in [-0.25, -0.2) is 0 Å².